The summed E-state index contributed by atoms with van der Waals surface area (Å²) in [7, 11) is 0. The van der Waals surface area contributed by atoms with Gasteiger partial charge in [-0.25, -0.2) is 4.79 Å². The number of nitrogens with zero attached hydrogens (tertiary/aromatic N) is 1. The van der Waals surface area contributed by atoms with Crippen molar-refractivity contribution in [1.29, 1.82) is 0 Å². The van der Waals surface area contributed by atoms with Crippen LogP contribution in [0.4, 0.5) is 5.69 Å². The highest BCUT2D eigenvalue weighted by molar-refractivity contribution is 5.97. The van der Waals surface area contributed by atoms with Gasteiger partial charge in [0.2, 0.25) is 5.91 Å². The van der Waals surface area contributed by atoms with Gasteiger partial charge < -0.3 is 15.0 Å². The van der Waals surface area contributed by atoms with E-state index >= 15 is 0 Å². The fourth-order valence-corrected chi connectivity index (χ4v) is 2.14. The van der Waals surface area contributed by atoms with Crippen molar-refractivity contribution >= 4 is 23.5 Å². The van der Waals surface area contributed by atoms with Crippen LogP contribution < -0.4 is 10.2 Å². The first kappa shape index (κ1) is 15.6. The van der Waals surface area contributed by atoms with Gasteiger partial charge in [0.25, 0.3) is 5.91 Å². The van der Waals surface area contributed by atoms with Crippen LogP contribution in [0.1, 0.15) is 23.2 Å². The zero-order chi connectivity index (χ0) is 15.9. The molecule has 6 heteroatoms. The molecule has 1 fully saturated rings. The van der Waals surface area contributed by atoms with Crippen molar-refractivity contribution in [1.82, 2.24) is 5.32 Å². The van der Waals surface area contributed by atoms with Crippen LogP contribution in [0.15, 0.2) is 24.3 Å². The number of rotatable bonds is 5. The molecule has 6 nitrogen and oxygen atoms in total. The average molecular weight is 300 g/mol. The summed E-state index contributed by atoms with van der Waals surface area (Å²) < 4.78 is 4.91. The molecule has 0 bridgehead atoms. The highest BCUT2D eigenvalue weighted by atomic mass is 16.5. The number of anilines is 1. The molecule has 1 heterocycles. The molecule has 1 N–H and O–H groups in total. The van der Waals surface area contributed by atoms with E-state index in [0.29, 0.717) is 24.2 Å². The van der Waals surface area contributed by atoms with Crippen LogP contribution in [0.25, 0.3) is 0 Å². The molecule has 1 aliphatic rings. The Morgan fingerprint density at radius 1 is 1.41 bits per heavy atom. The third kappa shape index (κ3) is 3.85. The third-order valence-electron chi connectivity index (χ3n) is 3.19. The molecular weight excluding hydrogens is 284 g/mol. The van der Waals surface area contributed by atoms with Crippen molar-refractivity contribution in [2.24, 2.45) is 0 Å². The topological polar surface area (TPSA) is 75.7 Å². The third-order valence-corrected chi connectivity index (χ3v) is 3.19. The number of hydrogen-bond donors (Lipinski definition) is 1. The van der Waals surface area contributed by atoms with E-state index in [4.69, 9.17) is 11.2 Å². The van der Waals surface area contributed by atoms with Gasteiger partial charge in [0, 0.05) is 18.7 Å². The summed E-state index contributed by atoms with van der Waals surface area (Å²) in [6.45, 7) is 0.335. The average Bonchev–Trinajstić information content (AvgIpc) is 2.96. The first-order valence-electron chi connectivity index (χ1n) is 6.89. The lowest BCUT2D eigenvalue weighted by molar-refractivity contribution is -0.124. The smallest absolute Gasteiger partial charge is 0.338 e. The van der Waals surface area contributed by atoms with E-state index in [1.807, 2.05) is 0 Å². The van der Waals surface area contributed by atoms with Crippen molar-refractivity contribution in [2.45, 2.75) is 12.8 Å². The largest absolute Gasteiger partial charge is 0.452 e. The molecule has 2 rings (SSSR count). The zero-order valence-corrected chi connectivity index (χ0v) is 12.0. The number of ether oxygens (including phenoxy) is 1. The van der Waals surface area contributed by atoms with Gasteiger partial charge in [-0.1, -0.05) is 12.0 Å². The van der Waals surface area contributed by atoms with Crippen LogP contribution in [-0.4, -0.2) is 37.5 Å². The van der Waals surface area contributed by atoms with Crippen LogP contribution in [0.2, 0.25) is 0 Å². The number of benzene rings is 1. The van der Waals surface area contributed by atoms with Crippen molar-refractivity contribution in [3.05, 3.63) is 29.8 Å². The standard InChI is InChI=1S/C16H16N2O4/c1-2-8-17-14(19)11-22-16(21)12-5-3-6-13(10-12)18-9-4-7-15(18)20/h1,3,5-6,10H,4,7-9,11H2,(H,17,19). The second-order valence-electron chi connectivity index (χ2n) is 4.76. The molecule has 0 spiro atoms. The molecular formula is C16H16N2O4. The maximum absolute atomic E-state index is 11.9. The summed E-state index contributed by atoms with van der Waals surface area (Å²) in [6.07, 6.45) is 6.33. The van der Waals surface area contributed by atoms with Gasteiger partial charge in [-0.2, -0.15) is 0 Å². The van der Waals surface area contributed by atoms with E-state index in [1.54, 1.807) is 29.2 Å². The minimum absolute atomic E-state index is 0.0409. The fourth-order valence-electron chi connectivity index (χ4n) is 2.14. The van der Waals surface area contributed by atoms with Gasteiger partial charge in [-0.3, -0.25) is 9.59 Å². The summed E-state index contributed by atoms with van der Waals surface area (Å²) in [6, 6.07) is 6.60. The SMILES string of the molecule is C#CCNC(=O)COC(=O)c1cccc(N2CCCC2=O)c1. The summed E-state index contributed by atoms with van der Waals surface area (Å²) in [4.78, 5) is 36.6. The second kappa shape index (κ2) is 7.27. The van der Waals surface area contributed by atoms with E-state index < -0.39 is 18.5 Å². The minimum atomic E-state index is -0.621. The lowest BCUT2D eigenvalue weighted by Gasteiger charge is -2.16. The van der Waals surface area contributed by atoms with Crippen molar-refractivity contribution in [3.8, 4) is 12.3 Å². The van der Waals surface area contributed by atoms with E-state index in [0.717, 1.165) is 6.42 Å². The summed E-state index contributed by atoms with van der Waals surface area (Å²) in [5.74, 6) is 1.21. The maximum Gasteiger partial charge on any atom is 0.338 e. The van der Waals surface area contributed by atoms with Crippen molar-refractivity contribution in [2.75, 3.05) is 24.6 Å². The fraction of sp³-hybridized carbons (Fsp3) is 0.312. The van der Waals surface area contributed by atoms with Crippen LogP contribution in [0.5, 0.6) is 0 Å². The molecule has 2 amide bonds. The quantitative estimate of drug-likeness (QED) is 0.642. The molecule has 0 radical (unpaired) electrons. The summed E-state index contributed by atoms with van der Waals surface area (Å²) >= 11 is 0. The first-order chi connectivity index (χ1) is 10.6. The molecule has 0 atom stereocenters. The van der Waals surface area contributed by atoms with Gasteiger partial charge in [0.05, 0.1) is 12.1 Å². The Morgan fingerprint density at radius 3 is 2.91 bits per heavy atom. The minimum Gasteiger partial charge on any atom is -0.452 e. The van der Waals surface area contributed by atoms with Gasteiger partial charge in [0.1, 0.15) is 0 Å². The molecule has 22 heavy (non-hydrogen) atoms. The molecule has 1 aromatic rings. The highest BCUT2D eigenvalue weighted by Crippen LogP contribution is 2.22. The normalized spacial score (nSPS) is 13.6. The van der Waals surface area contributed by atoms with Gasteiger partial charge in [0.15, 0.2) is 6.61 Å². The van der Waals surface area contributed by atoms with Crippen LogP contribution in [0.3, 0.4) is 0 Å². The second-order valence-corrected chi connectivity index (χ2v) is 4.76. The molecule has 1 aromatic carbocycles. The van der Waals surface area contributed by atoms with Crippen molar-refractivity contribution < 1.29 is 19.1 Å². The number of terminal acetylenes is 1. The molecule has 0 aliphatic carbocycles. The Bertz CT molecular complexity index is 633. The van der Waals surface area contributed by atoms with E-state index in [-0.39, 0.29) is 12.5 Å². The predicted molar refractivity (Wildman–Crippen MR) is 80.2 cm³/mol. The molecule has 0 unspecified atom stereocenters. The number of hydrogen-bond acceptors (Lipinski definition) is 4. The van der Waals surface area contributed by atoms with Crippen LogP contribution >= 0.6 is 0 Å². The summed E-state index contributed by atoms with van der Waals surface area (Å²) in [5, 5.41) is 2.40. The molecule has 0 saturated carbocycles. The Balaban J connectivity index is 1.97. The molecule has 1 saturated heterocycles. The monoisotopic (exact) mass is 300 g/mol. The highest BCUT2D eigenvalue weighted by Gasteiger charge is 2.22. The van der Waals surface area contributed by atoms with Crippen LogP contribution in [-0.2, 0) is 14.3 Å². The number of amides is 2. The number of nitrogens with one attached hydrogen (secondary N) is 1. The lowest BCUT2D eigenvalue weighted by atomic mass is 10.2. The number of carbonyl (C=O) groups is 3. The zero-order valence-electron chi connectivity index (χ0n) is 12.0. The maximum atomic E-state index is 11.9. The summed E-state index contributed by atoms with van der Waals surface area (Å²) in [5.41, 5.74) is 0.954. The lowest BCUT2D eigenvalue weighted by Crippen LogP contribution is -2.29. The van der Waals surface area contributed by atoms with Gasteiger partial charge in [-0.15, -0.1) is 6.42 Å². The Morgan fingerprint density at radius 2 is 2.23 bits per heavy atom. The van der Waals surface area contributed by atoms with Crippen LogP contribution in [0, 0.1) is 12.3 Å². The van der Waals surface area contributed by atoms with E-state index in [1.165, 1.54) is 0 Å². The van der Waals surface area contributed by atoms with Crippen molar-refractivity contribution in [3.63, 3.8) is 0 Å². The Labute approximate surface area is 128 Å². The first-order valence-corrected chi connectivity index (χ1v) is 6.89. The Kier molecular flexibility index (Phi) is 5.15. The molecule has 1 aliphatic heterocycles. The van der Waals surface area contributed by atoms with Gasteiger partial charge in [-0.05, 0) is 24.6 Å². The molecule has 0 aromatic heterocycles. The Hall–Kier alpha value is -2.81. The predicted octanol–water partition coefficient (Wildman–Crippen LogP) is 0.720. The van der Waals surface area contributed by atoms with E-state index in [2.05, 4.69) is 11.2 Å². The van der Waals surface area contributed by atoms with Gasteiger partial charge >= 0.3 is 5.97 Å². The number of carbonyl (C=O) groups excluding carboxylic acids is 3. The van der Waals surface area contributed by atoms with E-state index in [9.17, 15) is 14.4 Å². The molecule has 114 valence electrons. The number of esters is 1.